The van der Waals surface area contributed by atoms with Crippen molar-refractivity contribution in [1.82, 2.24) is 3.64 Å². The van der Waals surface area contributed by atoms with E-state index in [2.05, 4.69) is 0 Å². The van der Waals surface area contributed by atoms with Crippen LogP contribution in [0.1, 0.15) is 0 Å². The third-order valence-corrected chi connectivity index (χ3v) is 6.35. The number of sulfonamides is 1. The molecule has 3 nitrogen and oxygen atoms in total. The van der Waals surface area contributed by atoms with Gasteiger partial charge in [0.25, 0.3) is 0 Å². The first-order chi connectivity index (χ1) is 5.36. The fraction of sp³-hybridized carbons (Fsp3) is 0.333. The third kappa shape index (κ3) is 7.91. The fourth-order valence-corrected chi connectivity index (χ4v) is 4.41. The third-order valence-electron chi connectivity index (χ3n) is 1.000. The van der Waals surface area contributed by atoms with Crippen LogP contribution in [0.3, 0.4) is 0 Å². The van der Waals surface area contributed by atoms with Crippen LogP contribution in [0.4, 0.5) is 13.2 Å². The van der Waals surface area contributed by atoms with Crippen LogP contribution in [0.2, 0.25) is 0 Å². The molecule has 0 aliphatic carbocycles. The normalized spacial score (nSPS) is 15.2. The van der Waals surface area contributed by atoms with E-state index in [-0.39, 0.29) is 131 Å². The number of halogens is 3. The van der Waals surface area contributed by atoms with E-state index in [4.69, 9.17) is 0 Å². The van der Waals surface area contributed by atoms with Gasteiger partial charge in [-0.05, 0) is 0 Å². The Kier molecular flexibility index (Phi) is 21.2. The van der Waals surface area contributed by atoms with Gasteiger partial charge >= 0.3 is 15.5 Å². The monoisotopic (exact) mass is 585 g/mol. The zero-order valence-electron chi connectivity index (χ0n) is 7.77. The Labute approximate surface area is 198 Å². The Morgan fingerprint density at radius 2 is 1.25 bits per heavy atom. The minimum atomic E-state index is -5.17. The van der Waals surface area contributed by atoms with Crippen molar-refractivity contribution >= 4 is 29.4 Å². The summed E-state index contributed by atoms with van der Waals surface area (Å²) in [5.41, 5.74) is -2.33. The topological polar surface area (TPSA) is 37.4 Å². The van der Waals surface area contributed by atoms with Crippen LogP contribution >= 0.6 is 0 Å². The van der Waals surface area contributed by atoms with Gasteiger partial charge in [0.2, 0.25) is 0 Å². The predicted molar refractivity (Wildman–Crippen MR) is 37.5 cm³/mol. The van der Waals surface area contributed by atoms with Crippen LogP contribution < -0.4 is 0 Å². The predicted octanol–water partition coefficient (Wildman–Crippen LogP) is -0.149. The van der Waals surface area contributed by atoms with Crippen molar-refractivity contribution in [3.63, 3.8) is 0 Å². The van der Waals surface area contributed by atoms with Crippen molar-refractivity contribution in [3.8, 4) is 0 Å². The molecule has 0 unspecified atom stereocenters. The Bertz CT molecular complexity index is 302. The molecule has 8 radical (unpaired) electrons. The first-order valence-electron chi connectivity index (χ1n) is 2.64. The molecule has 78 valence electrons. The molecule has 0 fully saturated rings. The van der Waals surface area contributed by atoms with E-state index in [0.29, 0.717) is 3.64 Å². The fourth-order valence-electron chi connectivity index (χ4n) is 0.489. The van der Waals surface area contributed by atoms with Gasteiger partial charge in [0.15, 0.2) is 19.4 Å². The van der Waals surface area contributed by atoms with Crippen molar-refractivity contribution in [2.75, 3.05) is 0 Å². The molecular formula is C3H2F3NO2SSi2Y4. The van der Waals surface area contributed by atoms with Crippen LogP contribution in [-0.4, -0.2) is 36.9 Å². The van der Waals surface area contributed by atoms with E-state index >= 15 is 0 Å². The van der Waals surface area contributed by atoms with Crippen molar-refractivity contribution < 1.29 is 152 Å². The average molecular weight is 585 g/mol. The molecule has 0 spiro atoms. The smallest absolute Gasteiger partial charge is 0.232 e. The molecule has 0 saturated carbocycles. The molecule has 0 amide bonds. The van der Waals surface area contributed by atoms with Gasteiger partial charge < -0.3 is 0 Å². The van der Waals surface area contributed by atoms with Gasteiger partial charge in [-0.25, -0.2) is 12.1 Å². The molecule has 1 aliphatic rings. The van der Waals surface area contributed by atoms with E-state index in [9.17, 15) is 21.6 Å². The summed E-state index contributed by atoms with van der Waals surface area (Å²) in [6.07, 6.45) is 0. The SMILES string of the molecule is O=S(=O)(N1[Si]C=C[Si]1)C(F)(F)F.[Y].[Y].[Y].[Y]. The zero-order chi connectivity index (χ0) is 9.41. The second-order valence-corrected chi connectivity index (χ2v) is 6.76. The number of rotatable bonds is 1. The van der Waals surface area contributed by atoms with Gasteiger partial charge in [-0.2, -0.15) is 13.2 Å². The molecule has 1 heterocycles. The van der Waals surface area contributed by atoms with Crippen molar-refractivity contribution in [2.45, 2.75) is 5.51 Å². The summed E-state index contributed by atoms with van der Waals surface area (Å²) in [6.45, 7) is 0. The molecule has 0 bridgehead atoms. The molecule has 0 aromatic heterocycles. The Hall–Kier alpha value is 4.29. The molecular weight excluding hydrogens is 583 g/mol. The van der Waals surface area contributed by atoms with E-state index < -0.39 is 34.9 Å². The molecule has 1 rings (SSSR count). The van der Waals surface area contributed by atoms with Gasteiger partial charge in [-0.3, -0.25) is 0 Å². The minimum absolute atomic E-state index is 0. The van der Waals surface area contributed by atoms with Crippen LogP contribution in [0, 0.1) is 0 Å². The Morgan fingerprint density at radius 1 is 0.938 bits per heavy atom. The Morgan fingerprint density at radius 3 is 1.50 bits per heavy atom. The van der Waals surface area contributed by atoms with E-state index in [0.717, 1.165) is 0 Å². The molecule has 1 aliphatic heterocycles. The van der Waals surface area contributed by atoms with Crippen LogP contribution in [0.5, 0.6) is 0 Å². The minimum Gasteiger partial charge on any atom is -0.232 e. The van der Waals surface area contributed by atoms with Crippen LogP contribution in [-0.2, 0) is 141 Å². The number of nitrogens with zero attached hydrogens (tertiary/aromatic N) is 1. The molecule has 16 heavy (non-hydrogen) atoms. The van der Waals surface area contributed by atoms with Gasteiger partial charge in [0.05, 0.1) is 0 Å². The molecule has 0 N–H and O–H groups in total. The zero-order valence-corrected chi connectivity index (χ0v) is 21.9. The average Bonchev–Trinajstić information content (AvgIpc) is 2.34. The maximum Gasteiger partial charge on any atom is 0.510 e. The molecule has 0 aromatic carbocycles. The van der Waals surface area contributed by atoms with E-state index in [1.807, 2.05) is 0 Å². The largest absolute Gasteiger partial charge is 0.510 e. The van der Waals surface area contributed by atoms with Gasteiger partial charge in [0, 0.05) is 131 Å². The van der Waals surface area contributed by atoms with Crippen molar-refractivity contribution in [1.29, 1.82) is 0 Å². The first kappa shape index (κ1) is 28.5. The summed E-state index contributed by atoms with van der Waals surface area (Å²) in [6, 6.07) is 0. The molecule has 0 atom stereocenters. The molecule has 13 heteroatoms. The molecule has 0 saturated heterocycles. The Balaban J connectivity index is -0.000000180. The van der Waals surface area contributed by atoms with Gasteiger partial charge in [-0.15, -0.1) is 0 Å². The van der Waals surface area contributed by atoms with Gasteiger partial charge in [0.1, 0.15) is 0 Å². The second kappa shape index (κ2) is 11.9. The van der Waals surface area contributed by atoms with Crippen molar-refractivity contribution in [2.24, 2.45) is 0 Å². The summed E-state index contributed by atoms with van der Waals surface area (Å²) >= 11 is 0. The maximum absolute atomic E-state index is 11.8. The second-order valence-electron chi connectivity index (χ2n) is 1.81. The maximum atomic E-state index is 11.8. The number of hydrogen-bond donors (Lipinski definition) is 0. The standard InChI is InChI=1S/C3H2F3NO2SSi2.4Y/c4-3(5,6)10(8,9)7-11-1-2-12-7;;;;/h1-2H;;;;. The van der Waals surface area contributed by atoms with Gasteiger partial charge in [-0.1, -0.05) is 11.4 Å². The molecule has 0 aromatic rings. The first-order valence-corrected chi connectivity index (χ1v) is 6.13. The summed E-state index contributed by atoms with van der Waals surface area (Å²) in [5.74, 6) is 0. The number of alkyl halides is 3. The van der Waals surface area contributed by atoms with E-state index in [1.54, 1.807) is 0 Å². The van der Waals surface area contributed by atoms with Crippen molar-refractivity contribution in [3.05, 3.63) is 11.4 Å². The van der Waals surface area contributed by atoms with Crippen LogP contribution in [0.25, 0.3) is 0 Å². The summed E-state index contributed by atoms with van der Waals surface area (Å²) in [5, 5.41) is 0. The van der Waals surface area contributed by atoms with Crippen LogP contribution in [0.15, 0.2) is 11.4 Å². The quantitative estimate of drug-likeness (QED) is 0.403. The summed E-state index contributed by atoms with van der Waals surface area (Å²) < 4.78 is 57.2. The summed E-state index contributed by atoms with van der Waals surface area (Å²) in [4.78, 5) is 0. The van der Waals surface area contributed by atoms with E-state index in [1.165, 1.54) is 11.4 Å². The summed E-state index contributed by atoms with van der Waals surface area (Å²) in [7, 11) is -5.92. The number of hydrogen-bond acceptors (Lipinski definition) is 2.